The van der Waals surface area contributed by atoms with Crippen LogP contribution in [0.15, 0.2) is 16.7 Å². The first-order chi connectivity index (χ1) is 11.5. The van der Waals surface area contributed by atoms with E-state index in [1.807, 2.05) is 11.8 Å². The van der Waals surface area contributed by atoms with Crippen molar-refractivity contribution in [2.45, 2.75) is 52.9 Å². The fraction of sp³-hybridized carbons (Fsp3) is 0.526. The molecule has 0 spiro atoms. The number of amides is 1. The molecule has 0 aliphatic carbocycles. The Bertz CT molecular complexity index is 728. The summed E-state index contributed by atoms with van der Waals surface area (Å²) in [6.45, 7) is 9.73. The van der Waals surface area contributed by atoms with Gasteiger partial charge in [0.15, 0.2) is 5.82 Å². The number of hydrogen-bond acceptors (Lipinski definition) is 4. The number of carbonyl (C=O) groups is 1. The average molecular weight is 327 g/mol. The molecule has 1 aliphatic heterocycles. The Morgan fingerprint density at radius 1 is 1.29 bits per heavy atom. The van der Waals surface area contributed by atoms with E-state index in [-0.39, 0.29) is 11.8 Å². The van der Waals surface area contributed by atoms with Crippen LogP contribution in [0, 0.1) is 20.8 Å². The zero-order chi connectivity index (χ0) is 17.3. The molecule has 0 radical (unpaired) electrons. The van der Waals surface area contributed by atoms with Crippen molar-refractivity contribution in [1.29, 1.82) is 0 Å². The molecule has 5 nitrogen and oxygen atoms in total. The van der Waals surface area contributed by atoms with E-state index < -0.39 is 0 Å². The Hall–Kier alpha value is -2.17. The summed E-state index contributed by atoms with van der Waals surface area (Å²) in [5.41, 5.74) is 5.07. The molecule has 2 heterocycles. The van der Waals surface area contributed by atoms with Crippen LogP contribution in [0.5, 0.6) is 0 Å². The predicted octanol–water partition coefficient (Wildman–Crippen LogP) is 3.31. The van der Waals surface area contributed by atoms with E-state index in [9.17, 15) is 4.79 Å². The molecule has 1 aromatic heterocycles. The highest BCUT2D eigenvalue weighted by Crippen LogP contribution is 2.27. The van der Waals surface area contributed by atoms with E-state index in [1.165, 1.54) is 22.3 Å². The number of nitrogens with zero attached hydrogens (tertiary/aromatic N) is 3. The molecule has 0 N–H and O–H groups in total. The monoisotopic (exact) mass is 327 g/mol. The van der Waals surface area contributed by atoms with Crippen LogP contribution in [0.2, 0.25) is 0 Å². The summed E-state index contributed by atoms with van der Waals surface area (Å²) in [5.74, 6) is 1.75. The Morgan fingerprint density at radius 2 is 2.00 bits per heavy atom. The van der Waals surface area contributed by atoms with Crippen LogP contribution in [-0.4, -0.2) is 34.0 Å². The summed E-state index contributed by atoms with van der Waals surface area (Å²) in [4.78, 5) is 18.3. The van der Waals surface area contributed by atoms with Crippen LogP contribution in [0.4, 0.5) is 0 Å². The van der Waals surface area contributed by atoms with Gasteiger partial charge in [-0.25, -0.2) is 0 Å². The Labute approximate surface area is 143 Å². The van der Waals surface area contributed by atoms with E-state index in [0.717, 1.165) is 18.8 Å². The van der Waals surface area contributed by atoms with Crippen LogP contribution in [0.25, 0.3) is 0 Å². The minimum absolute atomic E-state index is 0.168. The largest absolute Gasteiger partial charge is 0.342 e. The van der Waals surface area contributed by atoms with E-state index in [2.05, 4.69) is 43.0 Å². The van der Waals surface area contributed by atoms with Crippen molar-refractivity contribution in [3.8, 4) is 0 Å². The number of aromatic nitrogens is 2. The first kappa shape index (κ1) is 16.7. The molecule has 5 heteroatoms. The van der Waals surface area contributed by atoms with Crippen molar-refractivity contribution in [1.82, 2.24) is 15.0 Å². The molecule has 3 rings (SSSR count). The van der Waals surface area contributed by atoms with Gasteiger partial charge in [0.1, 0.15) is 0 Å². The van der Waals surface area contributed by atoms with Crippen molar-refractivity contribution < 1.29 is 9.32 Å². The van der Waals surface area contributed by atoms with Gasteiger partial charge in [0, 0.05) is 25.9 Å². The molecular formula is C19H25N3O2. The number of rotatable bonds is 4. The fourth-order valence-corrected chi connectivity index (χ4v) is 3.56. The molecule has 0 bridgehead atoms. The highest BCUT2D eigenvalue weighted by Gasteiger charge is 2.30. The van der Waals surface area contributed by atoms with E-state index in [4.69, 9.17) is 4.52 Å². The quantitative estimate of drug-likeness (QED) is 0.864. The van der Waals surface area contributed by atoms with Gasteiger partial charge in [-0.05, 0) is 43.9 Å². The number of likely N-dealkylation sites (tertiary alicyclic amines) is 1. The Balaban J connectivity index is 1.72. The summed E-state index contributed by atoms with van der Waals surface area (Å²) >= 11 is 0. The molecular weight excluding hydrogens is 302 g/mol. The number of carbonyl (C=O) groups excluding carboxylic acids is 1. The second-order valence-corrected chi connectivity index (χ2v) is 6.78. The van der Waals surface area contributed by atoms with Crippen molar-refractivity contribution in [2.24, 2.45) is 0 Å². The van der Waals surface area contributed by atoms with Crippen molar-refractivity contribution in [3.05, 3.63) is 46.1 Å². The van der Waals surface area contributed by atoms with Gasteiger partial charge in [-0.3, -0.25) is 4.79 Å². The summed E-state index contributed by atoms with van der Waals surface area (Å²) in [7, 11) is 0. The first-order valence-corrected chi connectivity index (χ1v) is 8.65. The first-order valence-electron chi connectivity index (χ1n) is 8.65. The predicted molar refractivity (Wildman–Crippen MR) is 92.0 cm³/mol. The molecule has 1 atom stereocenters. The topological polar surface area (TPSA) is 59.2 Å². The SMILES string of the molecule is CCC(=O)N1CC[C@@H](c2nc(Cc3c(C)cc(C)cc3C)no2)C1. The molecule has 24 heavy (non-hydrogen) atoms. The molecule has 128 valence electrons. The zero-order valence-corrected chi connectivity index (χ0v) is 14.9. The molecule has 2 aromatic rings. The molecule has 0 saturated carbocycles. The van der Waals surface area contributed by atoms with Gasteiger partial charge >= 0.3 is 0 Å². The second-order valence-electron chi connectivity index (χ2n) is 6.78. The van der Waals surface area contributed by atoms with Crippen LogP contribution in [-0.2, 0) is 11.2 Å². The molecule has 1 aliphatic rings. The van der Waals surface area contributed by atoms with Crippen LogP contribution < -0.4 is 0 Å². The van der Waals surface area contributed by atoms with Crippen molar-refractivity contribution >= 4 is 5.91 Å². The van der Waals surface area contributed by atoms with E-state index in [0.29, 0.717) is 25.3 Å². The van der Waals surface area contributed by atoms with Gasteiger partial charge in [-0.15, -0.1) is 0 Å². The molecule has 1 saturated heterocycles. The smallest absolute Gasteiger partial charge is 0.231 e. The maximum absolute atomic E-state index is 11.8. The molecule has 1 aromatic carbocycles. The minimum atomic E-state index is 0.168. The van der Waals surface area contributed by atoms with Crippen LogP contribution >= 0.6 is 0 Å². The highest BCUT2D eigenvalue weighted by atomic mass is 16.5. The Morgan fingerprint density at radius 3 is 2.67 bits per heavy atom. The lowest BCUT2D eigenvalue weighted by Crippen LogP contribution is -2.27. The molecule has 1 fully saturated rings. The third kappa shape index (κ3) is 3.35. The average Bonchev–Trinajstić information content (AvgIpc) is 3.19. The number of benzene rings is 1. The normalized spacial score (nSPS) is 17.5. The second kappa shape index (κ2) is 6.75. The third-order valence-electron chi connectivity index (χ3n) is 4.85. The highest BCUT2D eigenvalue weighted by molar-refractivity contribution is 5.76. The molecule has 1 amide bonds. The lowest BCUT2D eigenvalue weighted by Gasteiger charge is -2.13. The number of hydrogen-bond donors (Lipinski definition) is 0. The van der Waals surface area contributed by atoms with Crippen molar-refractivity contribution in [2.75, 3.05) is 13.1 Å². The maximum atomic E-state index is 11.8. The van der Waals surface area contributed by atoms with Gasteiger partial charge in [0.2, 0.25) is 11.8 Å². The van der Waals surface area contributed by atoms with Gasteiger partial charge in [-0.2, -0.15) is 4.98 Å². The van der Waals surface area contributed by atoms with Gasteiger partial charge in [0.05, 0.1) is 5.92 Å². The Kier molecular flexibility index (Phi) is 4.69. The number of aryl methyl sites for hydroxylation is 3. The van der Waals surface area contributed by atoms with Gasteiger partial charge < -0.3 is 9.42 Å². The third-order valence-corrected chi connectivity index (χ3v) is 4.85. The summed E-state index contributed by atoms with van der Waals surface area (Å²) in [5, 5.41) is 4.16. The summed E-state index contributed by atoms with van der Waals surface area (Å²) in [6.07, 6.45) is 2.13. The van der Waals surface area contributed by atoms with E-state index >= 15 is 0 Å². The van der Waals surface area contributed by atoms with Crippen LogP contribution in [0.1, 0.15) is 59.7 Å². The zero-order valence-electron chi connectivity index (χ0n) is 14.9. The van der Waals surface area contributed by atoms with E-state index in [1.54, 1.807) is 0 Å². The standard InChI is InChI=1S/C19H25N3O2/c1-5-18(23)22-7-6-15(11-22)19-20-17(21-24-19)10-16-13(3)8-12(2)9-14(16)4/h8-9,15H,5-7,10-11H2,1-4H3/t15-/m1/s1. The maximum Gasteiger partial charge on any atom is 0.231 e. The van der Waals surface area contributed by atoms with Gasteiger partial charge in [-0.1, -0.05) is 29.8 Å². The minimum Gasteiger partial charge on any atom is -0.342 e. The molecule has 0 unspecified atom stereocenters. The van der Waals surface area contributed by atoms with Gasteiger partial charge in [0.25, 0.3) is 0 Å². The summed E-state index contributed by atoms with van der Waals surface area (Å²) < 4.78 is 5.49. The lowest BCUT2D eigenvalue weighted by molar-refractivity contribution is -0.129. The van der Waals surface area contributed by atoms with Crippen LogP contribution in [0.3, 0.4) is 0 Å². The fourth-order valence-electron chi connectivity index (χ4n) is 3.56. The summed E-state index contributed by atoms with van der Waals surface area (Å²) in [6, 6.07) is 4.38. The lowest BCUT2D eigenvalue weighted by atomic mass is 9.97. The van der Waals surface area contributed by atoms with Crippen molar-refractivity contribution in [3.63, 3.8) is 0 Å².